The number of benzene rings is 3. The lowest BCUT2D eigenvalue weighted by atomic mass is 9.82. The molecule has 0 aliphatic rings. The molecule has 0 aliphatic heterocycles. The molecule has 0 aliphatic carbocycles. The molecule has 0 fully saturated rings. The molecule has 38 heavy (non-hydrogen) atoms. The van der Waals surface area contributed by atoms with E-state index in [1.807, 2.05) is 13.0 Å². The van der Waals surface area contributed by atoms with Gasteiger partial charge in [-0.1, -0.05) is 65.0 Å². The van der Waals surface area contributed by atoms with Crippen molar-refractivity contribution in [3.05, 3.63) is 89.4 Å². The Morgan fingerprint density at radius 3 is 2.37 bits per heavy atom. The van der Waals surface area contributed by atoms with E-state index in [9.17, 15) is 0 Å². The Morgan fingerprint density at radius 2 is 1.61 bits per heavy atom. The van der Waals surface area contributed by atoms with E-state index < -0.39 is 0 Å². The zero-order valence-corrected chi connectivity index (χ0v) is 23.4. The van der Waals surface area contributed by atoms with Crippen molar-refractivity contribution in [2.75, 3.05) is 0 Å². The van der Waals surface area contributed by atoms with Gasteiger partial charge in [-0.25, -0.2) is 4.98 Å². The first-order valence-electron chi connectivity index (χ1n) is 13.6. The lowest BCUT2D eigenvalue weighted by molar-refractivity contribution is 0.496. The van der Waals surface area contributed by atoms with E-state index in [2.05, 4.69) is 102 Å². The van der Waals surface area contributed by atoms with Crippen LogP contribution in [0.2, 0.25) is 0 Å². The summed E-state index contributed by atoms with van der Waals surface area (Å²) < 4.78 is 12.4. The smallest absolute Gasteiger partial charge is 0.160 e. The van der Waals surface area contributed by atoms with Gasteiger partial charge in [-0.2, -0.15) is 0 Å². The first-order valence-corrected chi connectivity index (χ1v) is 13.6. The quantitative estimate of drug-likeness (QED) is 0.241. The molecule has 192 valence electrons. The van der Waals surface area contributed by atoms with Crippen LogP contribution in [0.5, 0.6) is 0 Å². The van der Waals surface area contributed by atoms with E-state index in [0.29, 0.717) is 5.92 Å². The summed E-state index contributed by atoms with van der Waals surface area (Å²) in [7, 11) is 0. The van der Waals surface area contributed by atoms with Crippen molar-refractivity contribution in [2.24, 2.45) is 5.92 Å². The molecule has 0 saturated heterocycles. The molecule has 0 amide bonds. The van der Waals surface area contributed by atoms with E-state index in [1.54, 1.807) is 0 Å². The van der Waals surface area contributed by atoms with Gasteiger partial charge in [0.25, 0.3) is 0 Å². The van der Waals surface area contributed by atoms with E-state index in [1.165, 1.54) is 21.9 Å². The fourth-order valence-corrected chi connectivity index (χ4v) is 5.59. The van der Waals surface area contributed by atoms with Gasteiger partial charge in [0.05, 0.1) is 5.69 Å². The maximum atomic E-state index is 6.24. The molecular formula is C35H35NO2. The minimum atomic E-state index is 0.00626. The summed E-state index contributed by atoms with van der Waals surface area (Å²) in [6, 6.07) is 23.9. The molecule has 3 heteroatoms. The second kappa shape index (κ2) is 8.87. The SMILES string of the molecule is Cc1cc2nc(-c3cc(C(C)(C)C)c4ccccc4c3)cc(-c3ccc4oc(CC(C)C)c(C)c4c3)c2o1. The molecule has 0 saturated carbocycles. The number of furan rings is 2. The molecule has 3 heterocycles. The lowest BCUT2D eigenvalue weighted by Gasteiger charge is -2.23. The number of aromatic nitrogens is 1. The Morgan fingerprint density at radius 1 is 0.816 bits per heavy atom. The minimum absolute atomic E-state index is 0.00626. The molecule has 3 nitrogen and oxygen atoms in total. The van der Waals surface area contributed by atoms with Crippen molar-refractivity contribution >= 4 is 32.8 Å². The standard InChI is InChI=1S/C35H35NO2/c1-20(2)14-33-22(4)27-17-24(12-13-32(27)38-33)28-19-30(36-31-15-21(3)37-34(28)31)25-16-23-10-8-9-11-26(23)29(18-25)35(5,6)7/h8-13,15-20H,14H2,1-7H3. The first kappa shape index (κ1) is 24.5. The predicted octanol–water partition coefficient (Wildman–Crippen LogP) is 10.2. The molecule has 3 aromatic heterocycles. The zero-order valence-electron chi connectivity index (χ0n) is 23.4. The fraction of sp³-hybridized carbons (Fsp3) is 0.286. The van der Waals surface area contributed by atoms with E-state index in [0.717, 1.165) is 62.4 Å². The average Bonchev–Trinajstić information content (AvgIpc) is 3.40. The Labute approximate surface area is 224 Å². The first-order chi connectivity index (χ1) is 18.1. The fourth-order valence-electron chi connectivity index (χ4n) is 5.59. The molecule has 0 bridgehead atoms. The van der Waals surface area contributed by atoms with Crippen LogP contribution in [0, 0.1) is 19.8 Å². The summed E-state index contributed by atoms with van der Waals surface area (Å²) in [5, 5.41) is 3.69. The van der Waals surface area contributed by atoms with Gasteiger partial charge in [0.2, 0.25) is 0 Å². The number of fused-ring (bicyclic) bond motifs is 3. The van der Waals surface area contributed by atoms with Gasteiger partial charge in [0.15, 0.2) is 5.58 Å². The highest BCUT2D eigenvalue weighted by Crippen LogP contribution is 2.39. The summed E-state index contributed by atoms with van der Waals surface area (Å²) in [6.45, 7) is 15.4. The van der Waals surface area contributed by atoms with Crippen LogP contribution in [0.4, 0.5) is 0 Å². The summed E-state index contributed by atoms with van der Waals surface area (Å²) in [5.74, 6) is 2.48. The van der Waals surface area contributed by atoms with Gasteiger partial charge in [-0.05, 0) is 83.0 Å². The molecule has 0 spiro atoms. The highest BCUT2D eigenvalue weighted by Gasteiger charge is 2.21. The molecule has 0 N–H and O–H groups in total. The average molecular weight is 502 g/mol. The number of nitrogens with zero attached hydrogens (tertiary/aromatic N) is 1. The van der Waals surface area contributed by atoms with Crippen molar-refractivity contribution in [3.63, 3.8) is 0 Å². The van der Waals surface area contributed by atoms with Crippen LogP contribution in [-0.4, -0.2) is 4.98 Å². The van der Waals surface area contributed by atoms with E-state index >= 15 is 0 Å². The van der Waals surface area contributed by atoms with Gasteiger partial charge in [-0.3, -0.25) is 0 Å². The Bertz CT molecular complexity index is 1820. The minimum Gasteiger partial charge on any atom is -0.461 e. The van der Waals surface area contributed by atoms with Crippen molar-refractivity contribution in [1.29, 1.82) is 0 Å². The number of aryl methyl sites for hydroxylation is 2. The third-order valence-electron chi connectivity index (χ3n) is 7.51. The molecule has 0 unspecified atom stereocenters. The van der Waals surface area contributed by atoms with Crippen molar-refractivity contribution in [3.8, 4) is 22.4 Å². The topological polar surface area (TPSA) is 39.2 Å². The molecular weight excluding hydrogens is 466 g/mol. The summed E-state index contributed by atoms with van der Waals surface area (Å²) in [6.07, 6.45) is 0.939. The van der Waals surface area contributed by atoms with Crippen molar-refractivity contribution in [1.82, 2.24) is 4.98 Å². The van der Waals surface area contributed by atoms with Crippen molar-refractivity contribution in [2.45, 2.75) is 60.3 Å². The second-order valence-corrected chi connectivity index (χ2v) is 12.1. The highest BCUT2D eigenvalue weighted by molar-refractivity contribution is 5.98. The zero-order chi connectivity index (χ0) is 26.8. The predicted molar refractivity (Wildman–Crippen MR) is 159 cm³/mol. The molecule has 6 rings (SSSR count). The Kier molecular flexibility index (Phi) is 5.72. The normalized spacial score (nSPS) is 12.4. The lowest BCUT2D eigenvalue weighted by Crippen LogP contribution is -2.12. The monoisotopic (exact) mass is 501 g/mol. The number of hydrogen-bond donors (Lipinski definition) is 0. The molecule has 6 aromatic rings. The number of hydrogen-bond acceptors (Lipinski definition) is 3. The van der Waals surface area contributed by atoms with Crippen LogP contribution in [0.1, 0.15) is 57.3 Å². The highest BCUT2D eigenvalue weighted by atomic mass is 16.3. The summed E-state index contributed by atoms with van der Waals surface area (Å²) in [5.41, 5.74) is 9.43. The largest absolute Gasteiger partial charge is 0.461 e. The van der Waals surface area contributed by atoms with Crippen molar-refractivity contribution < 1.29 is 8.83 Å². The van der Waals surface area contributed by atoms with Crippen LogP contribution < -0.4 is 0 Å². The van der Waals surface area contributed by atoms with Crippen LogP contribution in [0.15, 0.2) is 75.6 Å². The van der Waals surface area contributed by atoms with Gasteiger partial charge in [0, 0.05) is 29.0 Å². The van der Waals surface area contributed by atoms with Gasteiger partial charge < -0.3 is 8.83 Å². The van der Waals surface area contributed by atoms with Crippen LogP contribution in [-0.2, 0) is 11.8 Å². The van der Waals surface area contributed by atoms with Crippen LogP contribution in [0.3, 0.4) is 0 Å². The molecule has 0 atom stereocenters. The molecule has 3 aromatic carbocycles. The summed E-state index contributed by atoms with van der Waals surface area (Å²) in [4.78, 5) is 5.09. The second-order valence-electron chi connectivity index (χ2n) is 12.1. The third kappa shape index (κ3) is 4.20. The number of pyridine rings is 1. The van der Waals surface area contributed by atoms with Gasteiger partial charge in [0.1, 0.15) is 22.6 Å². The maximum absolute atomic E-state index is 6.24. The Hall–Kier alpha value is -3.85. The van der Waals surface area contributed by atoms with Gasteiger partial charge in [-0.15, -0.1) is 0 Å². The molecule has 0 radical (unpaired) electrons. The summed E-state index contributed by atoms with van der Waals surface area (Å²) >= 11 is 0. The van der Waals surface area contributed by atoms with E-state index in [-0.39, 0.29) is 5.41 Å². The van der Waals surface area contributed by atoms with Crippen LogP contribution in [0.25, 0.3) is 55.2 Å². The number of rotatable bonds is 4. The third-order valence-corrected chi connectivity index (χ3v) is 7.51. The maximum Gasteiger partial charge on any atom is 0.160 e. The van der Waals surface area contributed by atoms with Crippen LogP contribution >= 0.6 is 0 Å². The van der Waals surface area contributed by atoms with Gasteiger partial charge >= 0.3 is 0 Å². The van der Waals surface area contributed by atoms with E-state index in [4.69, 9.17) is 13.8 Å². The Balaban J connectivity index is 1.58.